The van der Waals surface area contributed by atoms with Gasteiger partial charge in [0.25, 0.3) is 0 Å². The van der Waals surface area contributed by atoms with Gasteiger partial charge in [0, 0.05) is 30.7 Å². The van der Waals surface area contributed by atoms with E-state index in [0.717, 1.165) is 12.5 Å². The molecule has 1 aliphatic carbocycles. The van der Waals surface area contributed by atoms with E-state index in [1.807, 2.05) is 18.7 Å². The van der Waals surface area contributed by atoms with Crippen molar-refractivity contribution in [3.05, 3.63) is 48.5 Å². The van der Waals surface area contributed by atoms with E-state index in [1.165, 1.54) is 24.1 Å². The van der Waals surface area contributed by atoms with Crippen LogP contribution in [0.5, 0.6) is 0 Å². The lowest BCUT2D eigenvalue weighted by Crippen LogP contribution is -2.33. The Kier molecular flexibility index (Phi) is 3.05. The number of nitrogens with zero attached hydrogens (tertiary/aromatic N) is 2. The van der Waals surface area contributed by atoms with Crippen LogP contribution in [0, 0.1) is 5.92 Å². The van der Waals surface area contributed by atoms with E-state index in [1.54, 1.807) is 0 Å². The molecule has 0 spiro atoms. The van der Waals surface area contributed by atoms with Gasteiger partial charge in [0.15, 0.2) is 0 Å². The van der Waals surface area contributed by atoms with Crippen LogP contribution in [0.4, 0.5) is 5.69 Å². The molecule has 3 rings (SSSR count). The van der Waals surface area contributed by atoms with E-state index in [4.69, 9.17) is 0 Å². The fourth-order valence-electron chi connectivity index (χ4n) is 2.61. The molecule has 1 aromatic carbocycles. The minimum absolute atomic E-state index is 0.670. The summed E-state index contributed by atoms with van der Waals surface area (Å²) in [7, 11) is 0. The maximum Gasteiger partial charge on any atom is 0.0949 e. The van der Waals surface area contributed by atoms with E-state index in [-0.39, 0.29) is 0 Å². The van der Waals surface area contributed by atoms with Gasteiger partial charge in [-0.2, -0.15) is 0 Å². The lowest BCUT2D eigenvalue weighted by atomic mass is 9.82. The largest absolute Gasteiger partial charge is 0.382 e. The Bertz CT molecular complexity index is 498. The molecule has 0 atom stereocenters. The topological polar surface area (TPSA) is 29.9 Å². The smallest absolute Gasteiger partial charge is 0.0949 e. The Balaban J connectivity index is 1.65. The van der Waals surface area contributed by atoms with Gasteiger partial charge in [-0.05, 0) is 36.5 Å². The molecule has 1 heterocycles. The zero-order valence-corrected chi connectivity index (χ0v) is 10.7. The highest BCUT2D eigenvalue weighted by molar-refractivity contribution is 5.47. The van der Waals surface area contributed by atoms with Crippen LogP contribution >= 0.6 is 0 Å². The molecule has 1 aliphatic rings. The summed E-state index contributed by atoms with van der Waals surface area (Å²) < 4.78 is 2.09. The first kappa shape index (κ1) is 11.3. The Hall–Kier alpha value is -1.77. The van der Waals surface area contributed by atoms with E-state index >= 15 is 0 Å². The Morgan fingerprint density at radius 2 is 2.28 bits per heavy atom. The van der Waals surface area contributed by atoms with E-state index in [2.05, 4.69) is 46.1 Å². The molecule has 0 saturated heterocycles. The Labute approximate surface area is 108 Å². The van der Waals surface area contributed by atoms with Crippen LogP contribution in [-0.4, -0.2) is 15.6 Å². The van der Waals surface area contributed by atoms with Gasteiger partial charge in [0.05, 0.1) is 6.33 Å². The summed E-state index contributed by atoms with van der Waals surface area (Å²) >= 11 is 0. The molecule has 1 saturated carbocycles. The van der Waals surface area contributed by atoms with Crippen molar-refractivity contribution in [2.45, 2.75) is 32.4 Å². The second-order valence-corrected chi connectivity index (χ2v) is 5.35. The summed E-state index contributed by atoms with van der Waals surface area (Å²) in [6.07, 6.45) is 8.26. The first-order valence-electron chi connectivity index (χ1n) is 6.61. The van der Waals surface area contributed by atoms with Gasteiger partial charge >= 0.3 is 0 Å². The zero-order valence-electron chi connectivity index (χ0n) is 10.7. The molecule has 2 aromatic rings. The second kappa shape index (κ2) is 4.84. The minimum atomic E-state index is 0.670. The third-order valence-corrected chi connectivity index (χ3v) is 3.60. The predicted molar refractivity (Wildman–Crippen MR) is 73.6 cm³/mol. The predicted octanol–water partition coefficient (Wildman–Crippen LogP) is 3.14. The second-order valence-electron chi connectivity index (χ2n) is 5.35. The summed E-state index contributed by atoms with van der Waals surface area (Å²) in [6, 6.07) is 9.35. The normalized spacial score (nSPS) is 22.5. The molecule has 1 fully saturated rings. The fourth-order valence-corrected chi connectivity index (χ4v) is 2.61. The van der Waals surface area contributed by atoms with Gasteiger partial charge in [0.2, 0.25) is 0 Å². The van der Waals surface area contributed by atoms with Crippen LogP contribution in [0.1, 0.15) is 25.3 Å². The van der Waals surface area contributed by atoms with Crippen LogP contribution in [0.2, 0.25) is 0 Å². The molecule has 1 N–H and O–H groups in total. The fraction of sp³-hybridized carbons (Fsp3) is 0.400. The SMILES string of the molecule is CC1CC(Nc2cccc(Cn3ccnc3)c2)C1. The summed E-state index contributed by atoms with van der Waals surface area (Å²) in [5.74, 6) is 0.886. The van der Waals surface area contributed by atoms with Gasteiger partial charge in [-0.1, -0.05) is 19.1 Å². The van der Waals surface area contributed by atoms with Crippen LogP contribution in [-0.2, 0) is 6.54 Å². The van der Waals surface area contributed by atoms with Gasteiger partial charge in [-0.3, -0.25) is 0 Å². The molecule has 0 aliphatic heterocycles. The summed E-state index contributed by atoms with van der Waals surface area (Å²) in [5, 5.41) is 3.60. The van der Waals surface area contributed by atoms with Crippen molar-refractivity contribution in [3.63, 3.8) is 0 Å². The van der Waals surface area contributed by atoms with Crippen molar-refractivity contribution in [1.29, 1.82) is 0 Å². The summed E-state index contributed by atoms with van der Waals surface area (Å²) in [4.78, 5) is 4.07. The van der Waals surface area contributed by atoms with Crippen molar-refractivity contribution < 1.29 is 0 Å². The van der Waals surface area contributed by atoms with E-state index in [0.29, 0.717) is 6.04 Å². The van der Waals surface area contributed by atoms with Crippen LogP contribution in [0.25, 0.3) is 0 Å². The van der Waals surface area contributed by atoms with Crippen molar-refractivity contribution in [2.75, 3.05) is 5.32 Å². The molecule has 3 nitrogen and oxygen atoms in total. The van der Waals surface area contributed by atoms with Crippen LogP contribution in [0.3, 0.4) is 0 Å². The molecule has 3 heteroatoms. The molecule has 0 amide bonds. The van der Waals surface area contributed by atoms with E-state index < -0.39 is 0 Å². The highest BCUT2D eigenvalue weighted by Crippen LogP contribution is 2.29. The maximum atomic E-state index is 4.07. The lowest BCUT2D eigenvalue weighted by molar-refractivity contribution is 0.309. The monoisotopic (exact) mass is 241 g/mol. The number of aromatic nitrogens is 2. The highest BCUT2D eigenvalue weighted by Gasteiger charge is 2.24. The number of benzene rings is 1. The Morgan fingerprint density at radius 1 is 1.39 bits per heavy atom. The average molecular weight is 241 g/mol. The first-order valence-corrected chi connectivity index (χ1v) is 6.61. The van der Waals surface area contributed by atoms with Gasteiger partial charge < -0.3 is 9.88 Å². The molecule has 0 unspecified atom stereocenters. The van der Waals surface area contributed by atoms with Gasteiger partial charge in [-0.25, -0.2) is 4.98 Å². The third-order valence-electron chi connectivity index (χ3n) is 3.60. The number of rotatable bonds is 4. The molecule has 0 bridgehead atoms. The quantitative estimate of drug-likeness (QED) is 0.891. The van der Waals surface area contributed by atoms with Crippen molar-refractivity contribution in [1.82, 2.24) is 9.55 Å². The van der Waals surface area contributed by atoms with Gasteiger partial charge in [0.1, 0.15) is 0 Å². The lowest BCUT2D eigenvalue weighted by Gasteiger charge is -2.34. The minimum Gasteiger partial charge on any atom is -0.382 e. The van der Waals surface area contributed by atoms with Crippen molar-refractivity contribution in [3.8, 4) is 0 Å². The number of hydrogen-bond acceptors (Lipinski definition) is 2. The Morgan fingerprint density at radius 3 is 3.00 bits per heavy atom. The molecular weight excluding hydrogens is 222 g/mol. The van der Waals surface area contributed by atoms with Crippen LogP contribution < -0.4 is 5.32 Å². The molecule has 18 heavy (non-hydrogen) atoms. The number of imidazole rings is 1. The summed E-state index contributed by atoms with van der Waals surface area (Å²) in [6.45, 7) is 3.20. The first-order chi connectivity index (χ1) is 8.79. The standard InChI is InChI=1S/C15H19N3/c1-12-7-15(8-12)17-14-4-2-3-13(9-14)10-18-6-5-16-11-18/h2-6,9,11-12,15,17H,7-8,10H2,1H3. The number of anilines is 1. The van der Waals surface area contributed by atoms with Crippen molar-refractivity contribution in [2.24, 2.45) is 5.92 Å². The molecule has 0 radical (unpaired) electrons. The maximum absolute atomic E-state index is 4.07. The average Bonchev–Trinajstić information content (AvgIpc) is 2.80. The summed E-state index contributed by atoms with van der Waals surface area (Å²) in [5.41, 5.74) is 2.55. The van der Waals surface area contributed by atoms with Gasteiger partial charge in [-0.15, -0.1) is 0 Å². The van der Waals surface area contributed by atoms with Crippen LogP contribution in [0.15, 0.2) is 43.0 Å². The van der Waals surface area contributed by atoms with Crippen molar-refractivity contribution >= 4 is 5.69 Å². The molecular formula is C15H19N3. The van der Waals surface area contributed by atoms with E-state index in [9.17, 15) is 0 Å². The molecule has 1 aromatic heterocycles. The highest BCUT2D eigenvalue weighted by atomic mass is 15.0. The third kappa shape index (κ3) is 2.55. The zero-order chi connectivity index (χ0) is 12.4. The number of nitrogens with one attached hydrogen (secondary N) is 1. The number of hydrogen-bond donors (Lipinski definition) is 1. The molecule has 94 valence electrons.